The highest BCUT2D eigenvalue weighted by Gasteiger charge is 2.59. The molecule has 0 radical (unpaired) electrons. The number of fused-ring (bicyclic) bond motifs is 5. The molecule has 130 valence electrons. The fourth-order valence-corrected chi connectivity index (χ4v) is 7.14. The third kappa shape index (κ3) is 2.34. The van der Waals surface area contributed by atoms with E-state index in [1.54, 1.807) is 0 Å². The van der Waals surface area contributed by atoms with Crippen LogP contribution in [0.2, 0.25) is 0 Å². The zero-order chi connectivity index (χ0) is 16.2. The topological polar surface area (TPSA) is 49.7 Å². The minimum absolute atomic E-state index is 0.0147. The molecule has 4 aliphatic rings. The van der Waals surface area contributed by atoms with E-state index in [4.69, 9.17) is 4.74 Å². The zero-order valence-electron chi connectivity index (χ0n) is 14.6. The van der Waals surface area contributed by atoms with Gasteiger partial charge in [0.1, 0.15) is 0 Å². The number of hydrogen-bond donors (Lipinski definition) is 2. The molecule has 0 bridgehead atoms. The zero-order valence-corrected chi connectivity index (χ0v) is 14.6. The van der Waals surface area contributed by atoms with Crippen LogP contribution in [0, 0.1) is 34.5 Å². The fraction of sp³-hybridized carbons (Fsp3) is 0.900. The first-order valence-corrected chi connectivity index (χ1v) is 9.64. The van der Waals surface area contributed by atoms with Crippen LogP contribution in [0.4, 0.5) is 0 Å². The van der Waals surface area contributed by atoms with Crippen molar-refractivity contribution < 1.29 is 14.9 Å². The van der Waals surface area contributed by atoms with Crippen LogP contribution in [0.3, 0.4) is 0 Å². The predicted molar refractivity (Wildman–Crippen MR) is 89.3 cm³/mol. The van der Waals surface area contributed by atoms with Gasteiger partial charge in [-0.25, -0.2) is 0 Å². The molecule has 0 saturated heterocycles. The van der Waals surface area contributed by atoms with E-state index in [1.807, 2.05) is 0 Å². The van der Waals surface area contributed by atoms with Gasteiger partial charge in [0.15, 0.2) is 0 Å². The molecule has 4 aliphatic carbocycles. The van der Waals surface area contributed by atoms with Gasteiger partial charge in [0, 0.05) is 0 Å². The number of ether oxygens (including phenoxy) is 1. The summed E-state index contributed by atoms with van der Waals surface area (Å²) in [7, 11) is 0. The number of aliphatic hydroxyl groups is 2. The highest BCUT2D eigenvalue weighted by molar-refractivity contribution is 5.15. The molecule has 2 N–H and O–H groups in total. The molecule has 0 aromatic carbocycles. The van der Waals surface area contributed by atoms with Crippen LogP contribution in [0.1, 0.15) is 65.2 Å². The normalized spacial score (nSPS) is 52.1. The summed E-state index contributed by atoms with van der Waals surface area (Å²) in [6.45, 7) is 3.24. The van der Waals surface area contributed by atoms with Crippen molar-refractivity contribution in [2.75, 3.05) is 0 Å². The van der Waals surface area contributed by atoms with Crippen molar-refractivity contribution in [3.8, 4) is 0 Å². The Kier molecular flexibility index (Phi) is 3.90. The van der Waals surface area contributed by atoms with Crippen LogP contribution in [0.15, 0.2) is 12.2 Å². The maximum Gasteiger partial charge on any atom is 0.266 e. The van der Waals surface area contributed by atoms with E-state index in [2.05, 4.69) is 26.0 Å². The van der Waals surface area contributed by atoms with Gasteiger partial charge in [0.25, 0.3) is 6.48 Å². The molecule has 3 heteroatoms. The van der Waals surface area contributed by atoms with Crippen LogP contribution in [-0.4, -0.2) is 22.8 Å². The number of allylic oxidation sites excluding steroid dienone is 2. The van der Waals surface area contributed by atoms with Crippen molar-refractivity contribution in [2.45, 2.75) is 77.8 Å². The van der Waals surface area contributed by atoms with E-state index in [0.717, 1.165) is 24.2 Å². The molecule has 1 unspecified atom stereocenters. The molecule has 4 rings (SSSR count). The van der Waals surface area contributed by atoms with E-state index < -0.39 is 6.48 Å². The average molecular weight is 320 g/mol. The number of aliphatic hydroxyl groups excluding tert-OH is 1. The highest BCUT2D eigenvalue weighted by atomic mass is 16.7. The first kappa shape index (κ1) is 16.1. The maximum atomic E-state index is 9.27. The third-order valence-electron chi connectivity index (χ3n) is 8.32. The summed E-state index contributed by atoms with van der Waals surface area (Å²) in [5.74, 6) is 3.18. The second-order valence-corrected chi connectivity index (χ2v) is 9.07. The quantitative estimate of drug-likeness (QED) is 0.600. The van der Waals surface area contributed by atoms with Gasteiger partial charge in [0.05, 0.1) is 6.10 Å². The summed E-state index contributed by atoms with van der Waals surface area (Å²) >= 11 is 0. The minimum atomic E-state index is -1.62. The lowest BCUT2D eigenvalue weighted by Crippen LogP contribution is -2.52. The largest absolute Gasteiger partial charge is 0.346 e. The molecular formula is C20H32O3. The third-order valence-corrected chi connectivity index (χ3v) is 8.32. The molecule has 0 aliphatic heterocycles. The molecule has 3 nitrogen and oxygen atoms in total. The number of hydrogen-bond acceptors (Lipinski definition) is 3. The number of rotatable bonds is 2. The Morgan fingerprint density at radius 2 is 1.83 bits per heavy atom. The Morgan fingerprint density at radius 1 is 1.00 bits per heavy atom. The minimum Gasteiger partial charge on any atom is -0.346 e. The lowest BCUT2D eigenvalue weighted by molar-refractivity contribution is -0.275. The SMILES string of the molecule is C[C@]12CC[C@H]3[C@@H](CCC4CCC=C[C@@]43C)[C@@H]1CC[C@@H]2OC(O)O. The van der Waals surface area contributed by atoms with Crippen molar-refractivity contribution in [1.82, 2.24) is 0 Å². The Balaban J connectivity index is 1.60. The molecule has 3 fully saturated rings. The Bertz CT molecular complexity index is 487. The van der Waals surface area contributed by atoms with Gasteiger partial charge in [-0.1, -0.05) is 26.0 Å². The molecule has 7 atom stereocenters. The van der Waals surface area contributed by atoms with Gasteiger partial charge in [-0.15, -0.1) is 0 Å². The van der Waals surface area contributed by atoms with Gasteiger partial charge in [0.2, 0.25) is 0 Å². The first-order valence-electron chi connectivity index (χ1n) is 9.64. The van der Waals surface area contributed by atoms with E-state index in [-0.39, 0.29) is 11.5 Å². The van der Waals surface area contributed by atoms with Crippen molar-refractivity contribution in [1.29, 1.82) is 0 Å². The van der Waals surface area contributed by atoms with E-state index >= 15 is 0 Å². The summed E-state index contributed by atoms with van der Waals surface area (Å²) in [5.41, 5.74) is 0.532. The van der Waals surface area contributed by atoms with Crippen LogP contribution < -0.4 is 0 Å². The summed E-state index contributed by atoms with van der Waals surface area (Å²) in [4.78, 5) is 0. The van der Waals surface area contributed by atoms with E-state index in [0.29, 0.717) is 11.3 Å². The average Bonchev–Trinajstić information content (AvgIpc) is 2.83. The second-order valence-electron chi connectivity index (χ2n) is 9.07. The van der Waals surface area contributed by atoms with Crippen molar-refractivity contribution in [3.63, 3.8) is 0 Å². The van der Waals surface area contributed by atoms with E-state index in [1.165, 1.54) is 44.9 Å². The molecule has 0 heterocycles. The van der Waals surface area contributed by atoms with E-state index in [9.17, 15) is 10.2 Å². The van der Waals surface area contributed by atoms with Crippen LogP contribution in [-0.2, 0) is 4.74 Å². The van der Waals surface area contributed by atoms with Gasteiger partial charge in [-0.2, -0.15) is 0 Å². The van der Waals surface area contributed by atoms with Crippen LogP contribution >= 0.6 is 0 Å². The van der Waals surface area contributed by atoms with Crippen LogP contribution in [0.25, 0.3) is 0 Å². The van der Waals surface area contributed by atoms with Gasteiger partial charge < -0.3 is 14.9 Å². The summed E-state index contributed by atoms with van der Waals surface area (Å²) in [6.07, 6.45) is 15.0. The molecule has 0 amide bonds. The Hall–Kier alpha value is -0.380. The smallest absolute Gasteiger partial charge is 0.266 e. The van der Waals surface area contributed by atoms with Crippen molar-refractivity contribution >= 4 is 0 Å². The molecular weight excluding hydrogens is 288 g/mol. The van der Waals surface area contributed by atoms with Crippen LogP contribution in [0.5, 0.6) is 0 Å². The molecule has 0 spiro atoms. The molecule has 0 aromatic heterocycles. The monoisotopic (exact) mass is 320 g/mol. The Labute approximate surface area is 140 Å². The second kappa shape index (κ2) is 5.57. The highest BCUT2D eigenvalue weighted by Crippen LogP contribution is 2.65. The summed E-state index contributed by atoms with van der Waals surface area (Å²) in [6, 6.07) is 0. The molecule has 23 heavy (non-hydrogen) atoms. The lowest BCUT2D eigenvalue weighted by atomic mass is 9.46. The standard InChI is InChI=1S/C20H32O3/c1-19-11-4-3-5-13(19)6-7-14-15-8-9-17(23-18(21)22)20(15,2)12-10-16(14)19/h4,11,13-18,21-22H,3,5-10,12H2,1-2H3/t13?,14-,15-,16-,17-,19-,20-/m0/s1. The van der Waals surface area contributed by atoms with Gasteiger partial charge in [-0.3, -0.25) is 0 Å². The van der Waals surface area contributed by atoms with Crippen molar-refractivity contribution in [2.24, 2.45) is 34.5 Å². The first-order chi connectivity index (χ1) is 10.9. The maximum absolute atomic E-state index is 9.27. The predicted octanol–water partition coefficient (Wildman–Crippen LogP) is 3.85. The molecule has 3 saturated carbocycles. The Morgan fingerprint density at radius 3 is 2.61 bits per heavy atom. The van der Waals surface area contributed by atoms with Gasteiger partial charge in [-0.05, 0) is 85.9 Å². The molecule has 0 aromatic rings. The van der Waals surface area contributed by atoms with Crippen molar-refractivity contribution in [3.05, 3.63) is 12.2 Å². The lowest BCUT2D eigenvalue weighted by Gasteiger charge is -2.59. The summed E-state index contributed by atoms with van der Waals surface area (Å²) < 4.78 is 5.49. The van der Waals surface area contributed by atoms with Gasteiger partial charge >= 0.3 is 0 Å². The fourth-order valence-electron chi connectivity index (χ4n) is 7.14. The summed E-state index contributed by atoms with van der Waals surface area (Å²) in [5, 5.41) is 18.5.